The Morgan fingerprint density at radius 1 is 1.42 bits per heavy atom. The second-order valence-corrected chi connectivity index (χ2v) is 4.57. The number of aromatic amines is 1. The minimum atomic E-state index is -0.379. The van der Waals surface area contributed by atoms with Crippen LogP contribution in [0.25, 0.3) is 0 Å². The first kappa shape index (κ1) is 12.0. The summed E-state index contributed by atoms with van der Waals surface area (Å²) in [6.07, 6.45) is 2.32. The molecule has 3 rings (SSSR count). The lowest BCUT2D eigenvalue weighted by atomic mass is 9.94. The molecule has 0 bridgehead atoms. The first-order valence-electron chi connectivity index (χ1n) is 6.31. The highest BCUT2D eigenvalue weighted by Crippen LogP contribution is 2.32. The predicted octanol–water partition coefficient (Wildman–Crippen LogP) is 0.586. The Labute approximate surface area is 110 Å². The molecule has 3 heterocycles. The number of ether oxygens (including phenoxy) is 1. The number of hydrogen-bond donors (Lipinski definition) is 3. The molecular formula is C13H15N3O3. The van der Waals surface area contributed by atoms with Gasteiger partial charge in [-0.25, -0.2) is 4.79 Å². The number of aromatic nitrogens is 1. The van der Waals surface area contributed by atoms with Crippen LogP contribution in [-0.4, -0.2) is 36.4 Å². The molecule has 0 saturated heterocycles. The van der Waals surface area contributed by atoms with E-state index in [1.807, 2.05) is 0 Å². The topological polar surface area (TPSA) is 83.2 Å². The summed E-state index contributed by atoms with van der Waals surface area (Å²) in [7, 11) is 0. The van der Waals surface area contributed by atoms with E-state index in [2.05, 4.69) is 15.6 Å². The zero-order valence-corrected chi connectivity index (χ0v) is 10.6. The highest BCUT2D eigenvalue weighted by Gasteiger charge is 2.29. The third-order valence-corrected chi connectivity index (χ3v) is 3.37. The van der Waals surface area contributed by atoms with Crippen molar-refractivity contribution < 1.29 is 14.3 Å². The van der Waals surface area contributed by atoms with E-state index in [1.165, 1.54) is 0 Å². The maximum Gasteiger partial charge on any atom is 0.356 e. The number of ketones is 1. The van der Waals surface area contributed by atoms with Gasteiger partial charge in [0.1, 0.15) is 5.69 Å². The number of H-pyrrole nitrogens is 1. The summed E-state index contributed by atoms with van der Waals surface area (Å²) in [6, 6.07) is 0. The normalized spacial score (nSPS) is 17.6. The fourth-order valence-electron chi connectivity index (χ4n) is 2.46. The van der Waals surface area contributed by atoms with E-state index in [4.69, 9.17) is 4.74 Å². The van der Waals surface area contributed by atoms with E-state index in [-0.39, 0.29) is 11.8 Å². The van der Waals surface area contributed by atoms with Crippen molar-refractivity contribution in [2.75, 3.05) is 25.0 Å². The number of esters is 1. The molecule has 0 aliphatic carbocycles. The molecule has 19 heavy (non-hydrogen) atoms. The molecule has 0 saturated carbocycles. The second kappa shape index (κ2) is 4.55. The monoisotopic (exact) mass is 261 g/mol. The van der Waals surface area contributed by atoms with Gasteiger partial charge >= 0.3 is 5.97 Å². The molecule has 2 aliphatic heterocycles. The standard InChI is InChI=1S/C13H15N3O3/c1-2-19-13(18)12-11-7(4-15-12)3-8-9(16-11)5-14-6-10(8)17/h4,14-16H,2-3,5-6H2,1H3. The minimum Gasteiger partial charge on any atom is -0.461 e. The molecule has 1 aromatic heterocycles. The molecule has 0 radical (unpaired) electrons. The smallest absolute Gasteiger partial charge is 0.356 e. The number of hydrogen-bond acceptors (Lipinski definition) is 5. The van der Waals surface area contributed by atoms with Gasteiger partial charge in [-0.1, -0.05) is 0 Å². The van der Waals surface area contributed by atoms with Gasteiger partial charge < -0.3 is 20.4 Å². The van der Waals surface area contributed by atoms with Gasteiger partial charge in [0, 0.05) is 30.4 Å². The largest absolute Gasteiger partial charge is 0.461 e. The number of fused-ring (bicyclic) bond motifs is 1. The average Bonchev–Trinajstić information content (AvgIpc) is 2.80. The van der Waals surface area contributed by atoms with Crippen LogP contribution in [0.1, 0.15) is 23.0 Å². The van der Waals surface area contributed by atoms with Crippen LogP contribution in [0, 0.1) is 0 Å². The van der Waals surface area contributed by atoms with Crippen LogP contribution >= 0.6 is 0 Å². The van der Waals surface area contributed by atoms with Gasteiger partial charge in [0.25, 0.3) is 0 Å². The summed E-state index contributed by atoms with van der Waals surface area (Å²) >= 11 is 0. The van der Waals surface area contributed by atoms with Crippen molar-refractivity contribution >= 4 is 17.4 Å². The maximum atomic E-state index is 11.8. The average molecular weight is 261 g/mol. The molecule has 6 nitrogen and oxygen atoms in total. The van der Waals surface area contributed by atoms with E-state index < -0.39 is 0 Å². The Morgan fingerprint density at radius 3 is 3.05 bits per heavy atom. The Morgan fingerprint density at radius 2 is 2.26 bits per heavy atom. The highest BCUT2D eigenvalue weighted by atomic mass is 16.5. The van der Waals surface area contributed by atoms with Gasteiger partial charge in [0.15, 0.2) is 5.78 Å². The van der Waals surface area contributed by atoms with Crippen molar-refractivity contribution in [2.45, 2.75) is 13.3 Å². The lowest BCUT2D eigenvalue weighted by Gasteiger charge is -2.26. The van der Waals surface area contributed by atoms with Crippen molar-refractivity contribution in [1.82, 2.24) is 10.3 Å². The highest BCUT2D eigenvalue weighted by molar-refractivity contribution is 6.02. The predicted molar refractivity (Wildman–Crippen MR) is 69.0 cm³/mol. The molecule has 2 aliphatic rings. The minimum absolute atomic E-state index is 0.110. The molecular weight excluding hydrogens is 246 g/mol. The fourth-order valence-corrected chi connectivity index (χ4v) is 2.46. The van der Waals surface area contributed by atoms with Crippen LogP contribution in [0.5, 0.6) is 0 Å². The number of carbonyl (C=O) groups excluding carboxylic acids is 2. The van der Waals surface area contributed by atoms with Crippen LogP contribution in [0.4, 0.5) is 5.69 Å². The van der Waals surface area contributed by atoms with Gasteiger partial charge in [-0.05, 0) is 12.5 Å². The third-order valence-electron chi connectivity index (χ3n) is 3.37. The van der Waals surface area contributed by atoms with E-state index in [0.717, 1.165) is 22.5 Å². The van der Waals surface area contributed by atoms with Gasteiger partial charge in [0.05, 0.1) is 18.8 Å². The quantitative estimate of drug-likeness (QED) is 0.678. The molecule has 0 fully saturated rings. The zero-order valence-electron chi connectivity index (χ0n) is 10.6. The maximum absolute atomic E-state index is 11.8. The Kier molecular flexibility index (Phi) is 2.87. The van der Waals surface area contributed by atoms with E-state index in [9.17, 15) is 9.59 Å². The van der Waals surface area contributed by atoms with Crippen LogP contribution in [0.2, 0.25) is 0 Å². The molecule has 0 spiro atoms. The number of rotatable bonds is 2. The summed E-state index contributed by atoms with van der Waals surface area (Å²) < 4.78 is 5.00. The summed E-state index contributed by atoms with van der Waals surface area (Å²) in [5.74, 6) is -0.270. The summed E-state index contributed by atoms with van der Waals surface area (Å²) in [4.78, 5) is 26.6. The fraction of sp³-hybridized carbons (Fsp3) is 0.385. The van der Waals surface area contributed by atoms with Gasteiger partial charge in [-0.2, -0.15) is 0 Å². The first-order valence-corrected chi connectivity index (χ1v) is 6.31. The molecule has 0 amide bonds. The zero-order chi connectivity index (χ0) is 13.4. The lowest BCUT2D eigenvalue weighted by Crippen LogP contribution is -2.37. The molecule has 6 heteroatoms. The van der Waals surface area contributed by atoms with E-state index in [1.54, 1.807) is 13.1 Å². The van der Waals surface area contributed by atoms with Crippen LogP contribution in [0.3, 0.4) is 0 Å². The van der Waals surface area contributed by atoms with Crippen molar-refractivity contribution in [3.05, 3.63) is 28.7 Å². The second-order valence-electron chi connectivity index (χ2n) is 4.57. The number of nitrogens with one attached hydrogen (secondary N) is 3. The Balaban J connectivity index is 1.93. The van der Waals surface area contributed by atoms with Crippen LogP contribution in [-0.2, 0) is 16.0 Å². The molecule has 0 unspecified atom stereocenters. The van der Waals surface area contributed by atoms with Crippen LogP contribution in [0.15, 0.2) is 17.5 Å². The SMILES string of the molecule is CCOC(=O)c1[nH]cc2c1NC1=C(C2)C(=O)CNC1. The first-order chi connectivity index (χ1) is 9.20. The molecule has 0 atom stereocenters. The van der Waals surface area contributed by atoms with Crippen molar-refractivity contribution in [3.8, 4) is 0 Å². The Hall–Kier alpha value is -2.08. The number of carbonyl (C=O) groups is 2. The van der Waals surface area contributed by atoms with Crippen molar-refractivity contribution in [1.29, 1.82) is 0 Å². The molecule has 100 valence electrons. The van der Waals surface area contributed by atoms with Gasteiger partial charge in [-0.15, -0.1) is 0 Å². The summed E-state index contributed by atoms with van der Waals surface area (Å²) in [5.41, 5.74) is 3.74. The van der Waals surface area contributed by atoms with Gasteiger partial charge in [0.2, 0.25) is 0 Å². The lowest BCUT2D eigenvalue weighted by molar-refractivity contribution is -0.115. The summed E-state index contributed by atoms with van der Waals surface area (Å²) in [5, 5.41) is 6.22. The summed E-state index contributed by atoms with van der Waals surface area (Å²) in [6.45, 7) is 3.10. The number of Topliss-reactive ketones (excluding diaryl/α,β-unsaturated/α-hetero) is 1. The van der Waals surface area contributed by atoms with E-state index in [0.29, 0.717) is 31.8 Å². The van der Waals surface area contributed by atoms with Gasteiger partial charge in [-0.3, -0.25) is 4.79 Å². The van der Waals surface area contributed by atoms with E-state index >= 15 is 0 Å². The molecule has 3 N–H and O–H groups in total. The van der Waals surface area contributed by atoms with Crippen LogP contribution < -0.4 is 10.6 Å². The number of anilines is 1. The molecule has 1 aromatic rings. The Bertz CT molecular complexity index is 586. The third kappa shape index (κ3) is 1.94. The molecule has 0 aromatic carbocycles. The van der Waals surface area contributed by atoms with Crippen molar-refractivity contribution in [3.63, 3.8) is 0 Å². The van der Waals surface area contributed by atoms with Crippen molar-refractivity contribution in [2.24, 2.45) is 0 Å².